The molecule has 9 nitrogen and oxygen atoms in total. The molecule has 3 aromatic carbocycles. The summed E-state index contributed by atoms with van der Waals surface area (Å²) in [5.74, 6) is 0.724. The minimum absolute atomic E-state index is 0.0538. The van der Waals surface area contributed by atoms with Gasteiger partial charge < -0.3 is 19.4 Å². The average molecular weight is 609 g/mol. The Bertz CT molecular complexity index is 1790. The molecule has 0 amide bonds. The fourth-order valence-electron chi connectivity index (χ4n) is 5.01. The molecule has 0 radical (unpaired) electrons. The zero-order valence-electron chi connectivity index (χ0n) is 22.7. The number of nitrogens with one attached hydrogen (secondary N) is 1. The van der Waals surface area contributed by atoms with Crippen LogP contribution in [0.1, 0.15) is 33.9 Å². The van der Waals surface area contributed by atoms with Gasteiger partial charge in [-0.2, -0.15) is 0 Å². The second-order valence-electron chi connectivity index (χ2n) is 9.58. The lowest BCUT2D eigenvalue weighted by Gasteiger charge is -2.26. The Hall–Kier alpha value is -5.00. The van der Waals surface area contributed by atoms with Gasteiger partial charge in [-0.05, 0) is 78.9 Å². The number of nitro benzene ring substituents is 1. The van der Waals surface area contributed by atoms with E-state index < -0.39 is 10.9 Å². The van der Waals surface area contributed by atoms with Crippen LogP contribution < -0.4 is 10.2 Å². The molecule has 0 bridgehead atoms. The number of pyridine rings is 1. The third-order valence-corrected chi connectivity index (χ3v) is 8.34. The van der Waals surface area contributed by atoms with Gasteiger partial charge >= 0.3 is 5.97 Å². The number of nitro groups is 1. The van der Waals surface area contributed by atoms with Crippen LogP contribution in [-0.2, 0) is 4.74 Å². The molecule has 0 unspecified atom stereocenters. The molecule has 1 aliphatic rings. The molecule has 43 heavy (non-hydrogen) atoms. The third-order valence-electron chi connectivity index (χ3n) is 7.01. The topological polar surface area (TPSA) is 111 Å². The molecule has 5 aromatic rings. The number of non-ortho nitro benzene ring substituents is 1. The number of hydrogen-bond donors (Lipinski definition) is 1. The van der Waals surface area contributed by atoms with E-state index in [0.29, 0.717) is 27.8 Å². The number of aromatic nitrogens is 1. The summed E-state index contributed by atoms with van der Waals surface area (Å²) < 4.78 is 11.4. The van der Waals surface area contributed by atoms with Crippen LogP contribution in [0.15, 0.2) is 124 Å². The minimum atomic E-state index is -0.447. The summed E-state index contributed by atoms with van der Waals surface area (Å²) in [5, 5.41) is 14.9. The Kier molecular flexibility index (Phi) is 7.91. The number of benzene rings is 3. The molecule has 0 saturated carbocycles. The number of rotatable bonds is 8. The van der Waals surface area contributed by atoms with Crippen LogP contribution >= 0.6 is 24.0 Å². The van der Waals surface area contributed by atoms with E-state index in [1.54, 1.807) is 30.5 Å². The quantitative estimate of drug-likeness (QED) is 0.0830. The van der Waals surface area contributed by atoms with Gasteiger partial charge in [0, 0.05) is 39.4 Å². The highest BCUT2D eigenvalue weighted by Crippen LogP contribution is 2.43. The first-order valence-electron chi connectivity index (χ1n) is 13.2. The van der Waals surface area contributed by atoms with Gasteiger partial charge in [-0.25, -0.2) is 4.79 Å². The number of hydrogen-bond acceptors (Lipinski definition) is 8. The van der Waals surface area contributed by atoms with E-state index in [9.17, 15) is 14.9 Å². The summed E-state index contributed by atoms with van der Waals surface area (Å²) in [5.41, 5.74) is 2.74. The molecule has 2 atom stereocenters. The molecular weight excluding hydrogens is 585 g/mol. The van der Waals surface area contributed by atoms with Crippen LogP contribution in [0, 0.1) is 10.1 Å². The Morgan fingerprint density at radius 1 is 0.977 bits per heavy atom. The lowest BCUT2D eigenvalue weighted by atomic mass is 10.0. The molecule has 1 fully saturated rings. The molecule has 2 aromatic heterocycles. The number of carbonyl (C=O) groups excluding carboxylic acids is 1. The number of furan rings is 1. The van der Waals surface area contributed by atoms with Crippen LogP contribution in [-0.4, -0.2) is 28.1 Å². The van der Waals surface area contributed by atoms with E-state index in [4.69, 9.17) is 21.4 Å². The van der Waals surface area contributed by atoms with Gasteiger partial charge in [0.1, 0.15) is 17.6 Å². The number of methoxy groups -OCH3 is 1. The highest BCUT2D eigenvalue weighted by atomic mass is 32.2. The molecule has 11 heteroatoms. The molecular formula is C32H24N4O5S2. The highest BCUT2D eigenvalue weighted by molar-refractivity contribution is 7.99. The van der Waals surface area contributed by atoms with Gasteiger partial charge in [-0.15, -0.1) is 0 Å². The Balaban J connectivity index is 1.34. The second-order valence-corrected chi connectivity index (χ2v) is 11.1. The van der Waals surface area contributed by atoms with Crippen LogP contribution in [0.3, 0.4) is 0 Å². The second kappa shape index (κ2) is 12.1. The Morgan fingerprint density at radius 2 is 1.67 bits per heavy atom. The normalized spacial score (nSPS) is 16.1. The smallest absolute Gasteiger partial charge is 0.338 e. The molecule has 6 rings (SSSR count). The van der Waals surface area contributed by atoms with Gasteiger partial charge in [-0.1, -0.05) is 36.0 Å². The zero-order valence-corrected chi connectivity index (χ0v) is 24.4. The van der Waals surface area contributed by atoms with Crippen molar-refractivity contribution in [2.75, 3.05) is 12.0 Å². The summed E-state index contributed by atoms with van der Waals surface area (Å²) >= 11 is 7.35. The number of thiocarbonyl (C=S) groups is 1. The van der Waals surface area contributed by atoms with Gasteiger partial charge in [0.05, 0.1) is 29.3 Å². The van der Waals surface area contributed by atoms with Crippen LogP contribution in [0.5, 0.6) is 0 Å². The summed E-state index contributed by atoms with van der Waals surface area (Å²) in [4.78, 5) is 31.5. The van der Waals surface area contributed by atoms with Crippen molar-refractivity contribution >= 4 is 46.4 Å². The van der Waals surface area contributed by atoms with Crippen LogP contribution in [0.25, 0.3) is 11.3 Å². The van der Waals surface area contributed by atoms with Crippen molar-refractivity contribution in [3.63, 3.8) is 0 Å². The zero-order chi connectivity index (χ0) is 29.9. The average Bonchev–Trinajstić information content (AvgIpc) is 3.66. The summed E-state index contributed by atoms with van der Waals surface area (Å²) in [6.07, 6.45) is 1.74. The number of nitrogens with zero attached hydrogens (tertiary/aromatic N) is 3. The molecule has 3 heterocycles. The highest BCUT2D eigenvalue weighted by Gasteiger charge is 2.42. The van der Waals surface area contributed by atoms with E-state index in [1.165, 1.54) is 31.0 Å². The lowest BCUT2D eigenvalue weighted by molar-refractivity contribution is -0.384. The van der Waals surface area contributed by atoms with E-state index in [-0.39, 0.29) is 17.8 Å². The van der Waals surface area contributed by atoms with Crippen molar-refractivity contribution in [1.82, 2.24) is 10.3 Å². The lowest BCUT2D eigenvalue weighted by Crippen LogP contribution is -2.29. The van der Waals surface area contributed by atoms with Crippen molar-refractivity contribution in [1.29, 1.82) is 0 Å². The van der Waals surface area contributed by atoms with Gasteiger partial charge in [-0.3, -0.25) is 15.1 Å². The fraction of sp³-hybridized carbons (Fsp3) is 0.0938. The van der Waals surface area contributed by atoms with Gasteiger partial charge in [0.2, 0.25) is 0 Å². The molecule has 1 aliphatic heterocycles. The van der Waals surface area contributed by atoms with Crippen molar-refractivity contribution in [3.05, 3.63) is 136 Å². The minimum Gasteiger partial charge on any atom is -0.465 e. The van der Waals surface area contributed by atoms with Crippen LogP contribution in [0.2, 0.25) is 0 Å². The van der Waals surface area contributed by atoms with Crippen molar-refractivity contribution in [2.24, 2.45) is 0 Å². The standard InChI is InChI=1S/C32H24N4O5S2/c1-40-31(37)25-7-3-2-6-24(25)27-17-18-28(41-27)30-29(26-8-4-5-19-33-26)34-32(42)35(30)20-9-13-22(14-10-20)43-23-15-11-21(12-16-23)36(38)39/h2-19,29-30H,1H3,(H,34,42)/t29-,30-/m1/s1. The van der Waals surface area contributed by atoms with Crippen LogP contribution in [0.4, 0.5) is 11.4 Å². The van der Waals surface area contributed by atoms with Gasteiger partial charge in [0.25, 0.3) is 5.69 Å². The third kappa shape index (κ3) is 5.72. The van der Waals surface area contributed by atoms with E-state index in [0.717, 1.165) is 21.2 Å². The predicted octanol–water partition coefficient (Wildman–Crippen LogP) is 7.36. The maximum atomic E-state index is 12.4. The first-order chi connectivity index (χ1) is 20.9. The van der Waals surface area contributed by atoms with Crippen molar-refractivity contribution in [3.8, 4) is 11.3 Å². The maximum Gasteiger partial charge on any atom is 0.338 e. The predicted molar refractivity (Wildman–Crippen MR) is 167 cm³/mol. The van der Waals surface area contributed by atoms with Crippen molar-refractivity contribution < 1.29 is 18.9 Å². The summed E-state index contributed by atoms with van der Waals surface area (Å²) in [6, 6.07) is 30.3. The number of esters is 1. The largest absolute Gasteiger partial charge is 0.465 e. The van der Waals surface area contributed by atoms with E-state index in [1.807, 2.05) is 71.6 Å². The molecule has 0 spiro atoms. The number of ether oxygens (including phenoxy) is 1. The molecule has 214 valence electrons. The monoisotopic (exact) mass is 608 g/mol. The summed E-state index contributed by atoms with van der Waals surface area (Å²) in [6.45, 7) is 0. The SMILES string of the molecule is COC(=O)c1ccccc1-c1ccc([C@@H]2[C@@H](c3ccccn3)NC(=S)N2c2ccc(Sc3ccc([N+](=O)[O-])cc3)cc2)o1. The molecule has 1 saturated heterocycles. The first-order valence-corrected chi connectivity index (χ1v) is 14.5. The molecule has 0 aliphatic carbocycles. The molecule has 1 N–H and O–H groups in total. The van der Waals surface area contributed by atoms with E-state index in [2.05, 4.69) is 10.3 Å². The Labute approximate surface area is 256 Å². The number of carbonyl (C=O) groups is 1. The maximum absolute atomic E-state index is 12.4. The van der Waals surface area contributed by atoms with Gasteiger partial charge in [0.15, 0.2) is 5.11 Å². The summed E-state index contributed by atoms with van der Waals surface area (Å²) in [7, 11) is 1.35. The number of anilines is 1. The van der Waals surface area contributed by atoms with Crippen molar-refractivity contribution in [2.45, 2.75) is 21.9 Å². The Morgan fingerprint density at radius 3 is 2.35 bits per heavy atom. The van der Waals surface area contributed by atoms with E-state index >= 15 is 0 Å². The fourth-order valence-corrected chi connectivity index (χ4v) is 6.17. The first kappa shape index (κ1) is 28.1.